The average Bonchev–Trinajstić information content (AvgIpc) is 3.19. The number of rotatable bonds is 5. The van der Waals surface area contributed by atoms with Crippen molar-refractivity contribution < 1.29 is 17.6 Å². The van der Waals surface area contributed by atoms with Gasteiger partial charge in [-0.15, -0.1) is 0 Å². The third kappa shape index (κ3) is 4.62. The number of carbonyl (C=O) groups excluding carboxylic acids is 1. The molecule has 0 atom stereocenters. The monoisotopic (exact) mass is 477 g/mol. The molecule has 0 saturated carbocycles. The summed E-state index contributed by atoms with van der Waals surface area (Å²) in [7, 11) is -3.92. The highest BCUT2D eigenvalue weighted by Gasteiger charge is 2.31. The Morgan fingerprint density at radius 1 is 1.09 bits per heavy atom. The molecule has 1 aliphatic heterocycles. The van der Waals surface area contributed by atoms with Gasteiger partial charge >= 0.3 is 0 Å². The first-order chi connectivity index (χ1) is 15.2. The van der Waals surface area contributed by atoms with Crippen molar-refractivity contribution in [2.75, 3.05) is 36.4 Å². The normalized spacial score (nSPS) is 15.0. The Hall–Kier alpha value is -2.95. The van der Waals surface area contributed by atoms with Gasteiger partial charge in [-0.3, -0.25) is 9.89 Å². The van der Waals surface area contributed by atoms with Crippen LogP contribution in [-0.4, -0.2) is 55.0 Å². The van der Waals surface area contributed by atoms with Crippen LogP contribution in [0.3, 0.4) is 0 Å². The zero-order valence-electron chi connectivity index (χ0n) is 17.2. The molecule has 168 valence electrons. The Morgan fingerprint density at radius 2 is 1.78 bits per heavy atom. The lowest BCUT2D eigenvalue weighted by molar-refractivity contribution is 0.102. The minimum Gasteiger partial charge on any atom is -0.369 e. The van der Waals surface area contributed by atoms with Gasteiger partial charge in [-0.2, -0.15) is 9.40 Å². The lowest BCUT2D eigenvalue weighted by Gasteiger charge is -2.35. The van der Waals surface area contributed by atoms with E-state index in [1.807, 2.05) is 4.90 Å². The summed E-state index contributed by atoms with van der Waals surface area (Å²) in [5.41, 5.74) is 1.76. The van der Waals surface area contributed by atoms with E-state index in [0.717, 1.165) is 11.4 Å². The number of benzene rings is 2. The number of nitrogens with zero attached hydrogens (tertiary/aromatic N) is 3. The number of anilines is 2. The summed E-state index contributed by atoms with van der Waals surface area (Å²) >= 11 is 6.21. The molecule has 0 spiro atoms. The van der Waals surface area contributed by atoms with E-state index in [1.54, 1.807) is 25.1 Å². The molecule has 0 aliphatic carbocycles. The zero-order chi connectivity index (χ0) is 22.9. The van der Waals surface area contributed by atoms with E-state index in [4.69, 9.17) is 11.6 Å². The maximum atomic E-state index is 13.3. The van der Waals surface area contributed by atoms with Gasteiger partial charge in [0.15, 0.2) is 5.82 Å². The Morgan fingerprint density at radius 3 is 2.41 bits per heavy atom. The van der Waals surface area contributed by atoms with E-state index < -0.39 is 15.9 Å². The van der Waals surface area contributed by atoms with E-state index >= 15 is 0 Å². The molecule has 8 nitrogen and oxygen atoms in total. The van der Waals surface area contributed by atoms with Crippen molar-refractivity contribution in [3.05, 3.63) is 70.6 Å². The van der Waals surface area contributed by atoms with Crippen molar-refractivity contribution in [2.24, 2.45) is 0 Å². The van der Waals surface area contributed by atoms with Crippen molar-refractivity contribution in [1.29, 1.82) is 0 Å². The van der Waals surface area contributed by atoms with Gasteiger partial charge in [0.1, 0.15) is 10.7 Å². The predicted molar refractivity (Wildman–Crippen MR) is 120 cm³/mol. The lowest BCUT2D eigenvalue weighted by atomic mass is 10.2. The number of piperazine rings is 1. The molecule has 1 amide bonds. The fourth-order valence-corrected chi connectivity index (χ4v) is 5.41. The van der Waals surface area contributed by atoms with Gasteiger partial charge in [-0.25, -0.2) is 12.8 Å². The Balaban J connectivity index is 1.50. The van der Waals surface area contributed by atoms with Gasteiger partial charge in [0.05, 0.1) is 5.02 Å². The van der Waals surface area contributed by atoms with Crippen LogP contribution in [0.5, 0.6) is 0 Å². The van der Waals surface area contributed by atoms with E-state index in [1.165, 1.54) is 34.6 Å². The van der Waals surface area contributed by atoms with Crippen LogP contribution in [-0.2, 0) is 10.0 Å². The molecule has 1 saturated heterocycles. The fraction of sp³-hybridized carbons (Fsp3) is 0.238. The van der Waals surface area contributed by atoms with Gasteiger partial charge in [0, 0.05) is 49.2 Å². The van der Waals surface area contributed by atoms with Gasteiger partial charge < -0.3 is 10.2 Å². The molecule has 1 aromatic heterocycles. The summed E-state index contributed by atoms with van der Waals surface area (Å²) in [6.07, 6.45) is 0. The molecule has 32 heavy (non-hydrogen) atoms. The van der Waals surface area contributed by atoms with Crippen LogP contribution in [0.4, 0.5) is 15.9 Å². The topological polar surface area (TPSA) is 98.4 Å². The molecule has 1 fully saturated rings. The van der Waals surface area contributed by atoms with Crippen LogP contribution in [0, 0.1) is 12.7 Å². The van der Waals surface area contributed by atoms with Crippen LogP contribution >= 0.6 is 11.6 Å². The van der Waals surface area contributed by atoms with Gasteiger partial charge in [0.2, 0.25) is 10.0 Å². The number of aryl methyl sites for hydroxylation is 1. The number of amides is 1. The van der Waals surface area contributed by atoms with E-state index in [2.05, 4.69) is 15.5 Å². The number of hydrogen-bond donors (Lipinski definition) is 2. The van der Waals surface area contributed by atoms with Crippen LogP contribution in [0.1, 0.15) is 16.1 Å². The van der Waals surface area contributed by atoms with E-state index in [9.17, 15) is 17.6 Å². The maximum absolute atomic E-state index is 13.3. The molecule has 4 rings (SSSR count). The first-order valence-electron chi connectivity index (χ1n) is 9.87. The number of sulfonamides is 1. The highest BCUT2D eigenvalue weighted by atomic mass is 35.5. The second-order valence-electron chi connectivity index (χ2n) is 7.40. The first kappa shape index (κ1) is 22.3. The number of H-pyrrole nitrogens is 1. The first-order valence-corrected chi connectivity index (χ1v) is 11.7. The summed E-state index contributed by atoms with van der Waals surface area (Å²) in [5.74, 6) is -0.481. The summed E-state index contributed by atoms with van der Waals surface area (Å²) in [6.45, 7) is 3.16. The van der Waals surface area contributed by atoms with Crippen molar-refractivity contribution in [3.63, 3.8) is 0 Å². The maximum Gasteiger partial charge on any atom is 0.256 e. The predicted octanol–water partition coefficient (Wildman–Crippen LogP) is 3.27. The molecule has 2 aromatic carbocycles. The fourth-order valence-electron chi connectivity index (χ4n) is 3.49. The molecule has 0 bridgehead atoms. The number of halogens is 2. The van der Waals surface area contributed by atoms with Crippen LogP contribution in [0.15, 0.2) is 53.4 Å². The smallest absolute Gasteiger partial charge is 0.256 e. The summed E-state index contributed by atoms with van der Waals surface area (Å²) in [5, 5.41) is 9.32. The number of nitrogens with one attached hydrogen (secondary N) is 2. The van der Waals surface area contributed by atoms with Crippen molar-refractivity contribution in [3.8, 4) is 0 Å². The molecule has 3 aromatic rings. The third-order valence-electron chi connectivity index (χ3n) is 5.19. The Kier molecular flexibility index (Phi) is 6.18. The van der Waals surface area contributed by atoms with Gasteiger partial charge in [-0.05, 0) is 49.4 Å². The largest absolute Gasteiger partial charge is 0.369 e. The molecular weight excluding hydrogens is 457 g/mol. The molecule has 0 unspecified atom stereocenters. The van der Waals surface area contributed by atoms with E-state index in [-0.39, 0.29) is 34.4 Å². The SMILES string of the molecule is Cc1cc(NC(=O)c2ccc(Cl)c(S(=O)(=O)N3CCN(c4ccc(F)cc4)CC3)c2)n[nH]1. The summed E-state index contributed by atoms with van der Waals surface area (Å²) < 4.78 is 41.0. The van der Waals surface area contributed by atoms with Crippen LogP contribution < -0.4 is 10.2 Å². The second-order valence-corrected chi connectivity index (χ2v) is 9.72. The lowest BCUT2D eigenvalue weighted by Crippen LogP contribution is -2.48. The standard InChI is InChI=1S/C21H21ClFN5O3S/c1-14-12-20(26-25-14)24-21(29)15-2-7-18(22)19(13-15)32(30,31)28-10-8-27(9-11-28)17-5-3-16(23)4-6-17/h2-7,12-13H,8-11H2,1H3,(H2,24,25,26,29). The third-order valence-corrected chi connectivity index (χ3v) is 7.57. The van der Waals surface area contributed by atoms with Gasteiger partial charge in [-0.1, -0.05) is 11.6 Å². The highest BCUT2D eigenvalue weighted by Crippen LogP contribution is 2.28. The van der Waals surface area contributed by atoms with Crippen LogP contribution in [0.2, 0.25) is 5.02 Å². The number of hydrogen-bond acceptors (Lipinski definition) is 5. The van der Waals surface area contributed by atoms with Gasteiger partial charge in [0.25, 0.3) is 5.91 Å². The Labute approximate surface area is 190 Å². The molecule has 1 aliphatic rings. The van der Waals surface area contributed by atoms with E-state index in [0.29, 0.717) is 18.9 Å². The number of aromatic amines is 1. The number of aromatic nitrogens is 2. The average molecular weight is 478 g/mol. The van der Waals surface area contributed by atoms with Crippen molar-refractivity contribution in [1.82, 2.24) is 14.5 Å². The quantitative estimate of drug-likeness (QED) is 0.587. The molecule has 2 heterocycles. The van der Waals surface area contributed by atoms with Crippen molar-refractivity contribution in [2.45, 2.75) is 11.8 Å². The summed E-state index contributed by atoms with van der Waals surface area (Å²) in [6, 6.07) is 11.9. The zero-order valence-corrected chi connectivity index (χ0v) is 18.8. The molecule has 11 heteroatoms. The van der Waals surface area contributed by atoms with Crippen molar-refractivity contribution >= 4 is 39.0 Å². The molecular formula is C21H21ClFN5O3S. The minimum atomic E-state index is -3.92. The molecule has 2 N–H and O–H groups in total. The molecule has 0 radical (unpaired) electrons. The number of carbonyl (C=O) groups is 1. The Bertz CT molecular complexity index is 1240. The second kappa shape index (κ2) is 8.89. The summed E-state index contributed by atoms with van der Waals surface area (Å²) in [4.78, 5) is 14.4. The highest BCUT2D eigenvalue weighted by molar-refractivity contribution is 7.89. The minimum absolute atomic E-state index is 0.0399. The van der Waals surface area contributed by atoms with Crippen LogP contribution in [0.25, 0.3) is 0 Å².